The van der Waals surface area contributed by atoms with Crippen LogP contribution in [0.4, 0.5) is 5.69 Å². The van der Waals surface area contributed by atoms with Crippen LogP contribution < -0.4 is 24.7 Å². The lowest BCUT2D eigenvalue weighted by molar-refractivity contribution is 0.174. The lowest BCUT2D eigenvalue weighted by atomic mass is 10.0. The Morgan fingerprint density at radius 3 is 2.81 bits per heavy atom. The van der Waals surface area contributed by atoms with E-state index >= 15 is 0 Å². The summed E-state index contributed by atoms with van der Waals surface area (Å²) in [5.74, 6) is 2.00. The number of benzene rings is 2. The number of hydrogen-bond donors (Lipinski definition) is 0. The van der Waals surface area contributed by atoms with E-state index in [-0.39, 0.29) is 12.4 Å². The van der Waals surface area contributed by atoms with Crippen LogP contribution >= 0.6 is 11.6 Å². The molecule has 0 saturated carbocycles. The summed E-state index contributed by atoms with van der Waals surface area (Å²) < 4.78 is 22.3. The molecule has 0 unspecified atom stereocenters. The summed E-state index contributed by atoms with van der Waals surface area (Å²) in [4.78, 5) is 14.1. The second kappa shape index (κ2) is 6.09. The highest BCUT2D eigenvalue weighted by atomic mass is 35.5. The van der Waals surface area contributed by atoms with Crippen molar-refractivity contribution in [2.24, 2.45) is 0 Å². The first-order chi connectivity index (χ1) is 13.1. The minimum absolute atomic E-state index is 0.226. The van der Waals surface area contributed by atoms with Crippen molar-refractivity contribution in [2.45, 2.75) is 19.9 Å². The Bertz CT molecular complexity index is 1120. The summed E-state index contributed by atoms with van der Waals surface area (Å²) >= 11 is 6.46. The monoisotopic (exact) mass is 385 g/mol. The predicted octanol–water partition coefficient (Wildman–Crippen LogP) is 4.09. The Hall–Kier alpha value is -2.86. The van der Waals surface area contributed by atoms with Crippen LogP contribution in [-0.4, -0.2) is 13.5 Å². The maximum absolute atomic E-state index is 12.0. The van der Waals surface area contributed by atoms with Crippen LogP contribution in [0.25, 0.3) is 11.0 Å². The first-order valence-corrected chi connectivity index (χ1v) is 9.07. The smallest absolute Gasteiger partial charge is 0.336 e. The van der Waals surface area contributed by atoms with Gasteiger partial charge in [-0.1, -0.05) is 18.5 Å². The highest BCUT2D eigenvalue weighted by molar-refractivity contribution is 6.33. The van der Waals surface area contributed by atoms with Crippen molar-refractivity contribution in [3.05, 3.63) is 56.9 Å². The summed E-state index contributed by atoms with van der Waals surface area (Å²) in [5.41, 5.74) is 2.76. The molecule has 0 amide bonds. The fourth-order valence-electron chi connectivity index (χ4n) is 3.59. The minimum atomic E-state index is -0.371. The number of rotatable bonds is 2. The Morgan fingerprint density at radius 1 is 1.11 bits per heavy atom. The normalized spacial score (nSPS) is 15.0. The summed E-state index contributed by atoms with van der Waals surface area (Å²) in [5, 5.41) is 1.36. The molecule has 0 saturated heterocycles. The Labute approximate surface area is 159 Å². The van der Waals surface area contributed by atoms with Gasteiger partial charge in [0.1, 0.15) is 11.3 Å². The van der Waals surface area contributed by atoms with Crippen molar-refractivity contribution in [1.82, 2.24) is 0 Å². The Kier molecular flexibility index (Phi) is 3.68. The van der Waals surface area contributed by atoms with Gasteiger partial charge in [0.05, 0.1) is 17.1 Å². The molecule has 0 spiro atoms. The van der Waals surface area contributed by atoms with Crippen LogP contribution in [0.1, 0.15) is 18.1 Å². The molecule has 6 nitrogen and oxygen atoms in total. The number of aryl methyl sites for hydroxylation is 1. The van der Waals surface area contributed by atoms with E-state index in [1.807, 2.05) is 36.1 Å². The molecule has 0 N–H and O–H groups in total. The zero-order valence-electron chi connectivity index (χ0n) is 14.6. The average Bonchev–Trinajstić information content (AvgIpc) is 3.15. The zero-order valence-corrected chi connectivity index (χ0v) is 15.3. The van der Waals surface area contributed by atoms with Crippen LogP contribution in [0.15, 0.2) is 39.5 Å². The molecule has 2 aliphatic rings. The number of nitrogens with zero attached hydrogens (tertiary/aromatic N) is 1. The first-order valence-electron chi connectivity index (χ1n) is 8.69. The largest absolute Gasteiger partial charge is 0.471 e. The standard InChI is InChI=1S/C20H16ClNO5/c1-2-11-5-18(23)27-19-13(11)7-15(21)20-14(19)8-22(9-24-20)12-3-4-16-17(6-12)26-10-25-16/h3-7H,2,8-10H2,1H3. The molecule has 3 aromatic rings. The second-order valence-electron chi connectivity index (χ2n) is 6.50. The number of anilines is 1. The van der Waals surface area contributed by atoms with Gasteiger partial charge in [-0.25, -0.2) is 4.79 Å². The van der Waals surface area contributed by atoms with E-state index in [9.17, 15) is 4.79 Å². The average molecular weight is 386 g/mol. The summed E-state index contributed by atoms with van der Waals surface area (Å²) in [6.45, 7) is 3.05. The van der Waals surface area contributed by atoms with E-state index < -0.39 is 0 Å². The maximum atomic E-state index is 12.0. The molecule has 5 rings (SSSR count). The van der Waals surface area contributed by atoms with Crippen LogP contribution in [0, 0.1) is 0 Å². The van der Waals surface area contributed by atoms with Gasteiger partial charge in [0.15, 0.2) is 18.2 Å². The van der Waals surface area contributed by atoms with E-state index in [1.165, 1.54) is 6.07 Å². The quantitative estimate of drug-likeness (QED) is 0.619. The molecule has 0 bridgehead atoms. The molecule has 0 atom stereocenters. The van der Waals surface area contributed by atoms with E-state index in [0.717, 1.165) is 28.0 Å². The fraction of sp³-hybridized carbons (Fsp3) is 0.250. The predicted molar refractivity (Wildman–Crippen MR) is 101 cm³/mol. The molecular weight excluding hydrogens is 370 g/mol. The molecule has 0 fully saturated rings. The Morgan fingerprint density at radius 2 is 1.96 bits per heavy atom. The molecule has 138 valence electrons. The summed E-state index contributed by atoms with van der Waals surface area (Å²) in [6.07, 6.45) is 0.712. The van der Waals surface area contributed by atoms with Gasteiger partial charge in [0, 0.05) is 23.2 Å². The van der Waals surface area contributed by atoms with Crippen LogP contribution in [0.5, 0.6) is 17.2 Å². The van der Waals surface area contributed by atoms with Crippen molar-refractivity contribution in [1.29, 1.82) is 0 Å². The van der Waals surface area contributed by atoms with Crippen molar-refractivity contribution < 1.29 is 18.6 Å². The van der Waals surface area contributed by atoms with E-state index in [4.69, 9.17) is 30.2 Å². The lowest BCUT2D eigenvalue weighted by Gasteiger charge is -2.31. The number of ether oxygens (including phenoxy) is 3. The van der Waals surface area contributed by atoms with Gasteiger partial charge in [0.2, 0.25) is 6.79 Å². The SMILES string of the molecule is CCc1cc(=O)oc2c3c(c(Cl)cc12)OCN(c1ccc2c(c1)OCO2)C3. The molecular formula is C20H16ClNO5. The molecule has 2 aliphatic heterocycles. The van der Waals surface area contributed by atoms with Crippen molar-refractivity contribution in [3.63, 3.8) is 0 Å². The highest BCUT2D eigenvalue weighted by Gasteiger charge is 2.26. The maximum Gasteiger partial charge on any atom is 0.336 e. The molecule has 0 aliphatic carbocycles. The lowest BCUT2D eigenvalue weighted by Crippen LogP contribution is -2.32. The third-order valence-electron chi connectivity index (χ3n) is 4.94. The van der Waals surface area contributed by atoms with Crippen molar-refractivity contribution >= 4 is 28.3 Å². The van der Waals surface area contributed by atoms with Crippen LogP contribution in [0.3, 0.4) is 0 Å². The topological polar surface area (TPSA) is 61.1 Å². The third kappa shape index (κ3) is 2.59. The first kappa shape index (κ1) is 16.3. The summed E-state index contributed by atoms with van der Waals surface area (Å²) in [7, 11) is 0. The zero-order chi connectivity index (χ0) is 18.5. The third-order valence-corrected chi connectivity index (χ3v) is 5.22. The van der Waals surface area contributed by atoms with Crippen molar-refractivity contribution in [2.75, 3.05) is 18.4 Å². The van der Waals surface area contributed by atoms with E-state index in [0.29, 0.717) is 41.8 Å². The van der Waals surface area contributed by atoms with Crippen LogP contribution in [-0.2, 0) is 13.0 Å². The van der Waals surface area contributed by atoms with E-state index in [2.05, 4.69) is 0 Å². The van der Waals surface area contributed by atoms with Gasteiger partial charge >= 0.3 is 5.63 Å². The molecule has 7 heteroatoms. The number of hydrogen-bond acceptors (Lipinski definition) is 6. The molecule has 2 aromatic carbocycles. The number of halogens is 1. The van der Waals surface area contributed by atoms with Crippen molar-refractivity contribution in [3.8, 4) is 17.2 Å². The highest BCUT2D eigenvalue weighted by Crippen LogP contribution is 2.42. The van der Waals surface area contributed by atoms with E-state index in [1.54, 1.807) is 0 Å². The Balaban J connectivity index is 1.63. The van der Waals surface area contributed by atoms with Gasteiger partial charge in [-0.05, 0) is 30.2 Å². The van der Waals surface area contributed by atoms with Crippen LogP contribution in [0.2, 0.25) is 5.02 Å². The van der Waals surface area contributed by atoms with Gasteiger partial charge in [0.25, 0.3) is 0 Å². The van der Waals surface area contributed by atoms with Gasteiger partial charge < -0.3 is 23.5 Å². The summed E-state index contributed by atoms with van der Waals surface area (Å²) in [6, 6.07) is 9.07. The molecule has 0 radical (unpaired) electrons. The van der Waals surface area contributed by atoms with Gasteiger partial charge in [-0.15, -0.1) is 0 Å². The second-order valence-corrected chi connectivity index (χ2v) is 6.90. The van der Waals surface area contributed by atoms with Gasteiger partial charge in [-0.3, -0.25) is 0 Å². The molecule has 3 heterocycles. The molecule has 1 aromatic heterocycles. The van der Waals surface area contributed by atoms with Gasteiger partial charge in [-0.2, -0.15) is 0 Å². The number of fused-ring (bicyclic) bond motifs is 4. The minimum Gasteiger partial charge on any atom is -0.471 e. The fourth-order valence-corrected chi connectivity index (χ4v) is 3.87. The molecule has 27 heavy (non-hydrogen) atoms.